The molecule has 0 atom stereocenters. The van der Waals surface area contributed by atoms with Crippen LogP contribution in [0.2, 0.25) is 0 Å². The highest BCUT2D eigenvalue weighted by Gasteiger charge is 2.02. The van der Waals surface area contributed by atoms with Crippen LogP contribution in [-0.2, 0) is 0 Å². The van der Waals surface area contributed by atoms with Gasteiger partial charge in [-0.05, 0) is 36.4 Å². The summed E-state index contributed by atoms with van der Waals surface area (Å²) in [6.07, 6.45) is 3.38. The molecule has 0 radical (unpaired) electrons. The molecule has 4 heteroatoms. The third-order valence-electron chi connectivity index (χ3n) is 0.981. The maximum absolute atomic E-state index is 5.39. The van der Waals surface area contributed by atoms with E-state index in [1.165, 1.54) is 6.33 Å². The molecule has 0 saturated heterocycles. The lowest BCUT2D eigenvalue weighted by Gasteiger charge is -2.08. The predicted molar refractivity (Wildman–Crippen MR) is 50.5 cm³/mol. The second-order valence-corrected chi connectivity index (χ2v) is 3.50. The van der Waals surface area contributed by atoms with Crippen molar-refractivity contribution >= 4 is 22.6 Å². The lowest BCUT2D eigenvalue weighted by atomic mass is 10.5. The molecule has 0 unspecified atom stereocenters. The fourth-order valence-electron chi connectivity index (χ4n) is 0.611. The van der Waals surface area contributed by atoms with E-state index in [0.717, 1.165) is 3.57 Å². The lowest BCUT2D eigenvalue weighted by Crippen LogP contribution is -2.08. The molecular weight excluding hydrogens is 255 g/mol. The smallest absolute Gasteiger partial charge is 0.230 e. The maximum Gasteiger partial charge on any atom is 0.230 e. The van der Waals surface area contributed by atoms with Crippen LogP contribution in [0.1, 0.15) is 13.8 Å². The van der Waals surface area contributed by atoms with Gasteiger partial charge in [-0.15, -0.1) is 0 Å². The third kappa shape index (κ3) is 2.61. The van der Waals surface area contributed by atoms with E-state index in [0.29, 0.717) is 5.88 Å². The Morgan fingerprint density at radius 3 is 2.82 bits per heavy atom. The molecule has 1 aromatic rings. The topological polar surface area (TPSA) is 35.0 Å². The van der Waals surface area contributed by atoms with Gasteiger partial charge in [-0.2, -0.15) is 0 Å². The van der Waals surface area contributed by atoms with E-state index in [1.54, 1.807) is 6.20 Å². The van der Waals surface area contributed by atoms with Crippen LogP contribution in [0.3, 0.4) is 0 Å². The van der Waals surface area contributed by atoms with Gasteiger partial charge in [-0.3, -0.25) is 0 Å². The highest BCUT2D eigenvalue weighted by molar-refractivity contribution is 14.1. The number of aromatic nitrogens is 2. The van der Waals surface area contributed by atoms with Gasteiger partial charge >= 0.3 is 0 Å². The van der Waals surface area contributed by atoms with Gasteiger partial charge in [0.1, 0.15) is 6.33 Å². The SMILES string of the molecule is CC(C)Oc1ncncc1I. The Balaban J connectivity index is 2.78. The minimum atomic E-state index is 0.165. The fraction of sp³-hybridized carbons (Fsp3) is 0.429. The quantitative estimate of drug-likeness (QED) is 0.765. The summed E-state index contributed by atoms with van der Waals surface area (Å²) in [4.78, 5) is 7.83. The van der Waals surface area contributed by atoms with E-state index in [1.807, 2.05) is 13.8 Å². The largest absolute Gasteiger partial charge is 0.474 e. The highest BCUT2D eigenvalue weighted by Crippen LogP contribution is 2.15. The first kappa shape index (κ1) is 8.70. The van der Waals surface area contributed by atoms with Crippen molar-refractivity contribution in [2.75, 3.05) is 0 Å². The van der Waals surface area contributed by atoms with Crippen LogP contribution in [-0.4, -0.2) is 16.1 Å². The van der Waals surface area contributed by atoms with Crippen LogP contribution in [0.25, 0.3) is 0 Å². The highest BCUT2D eigenvalue weighted by atomic mass is 127. The molecule has 3 nitrogen and oxygen atoms in total. The summed E-state index contributed by atoms with van der Waals surface area (Å²) in [5, 5.41) is 0. The molecule has 0 aromatic carbocycles. The van der Waals surface area contributed by atoms with Gasteiger partial charge in [-0.1, -0.05) is 0 Å². The molecule has 0 N–H and O–H groups in total. The molecule has 1 heterocycles. The van der Waals surface area contributed by atoms with E-state index >= 15 is 0 Å². The van der Waals surface area contributed by atoms with Gasteiger partial charge in [-0.25, -0.2) is 9.97 Å². The van der Waals surface area contributed by atoms with Crippen LogP contribution < -0.4 is 4.74 Å². The van der Waals surface area contributed by atoms with Crippen molar-refractivity contribution in [3.8, 4) is 5.88 Å². The van der Waals surface area contributed by atoms with Crippen LogP contribution >= 0.6 is 22.6 Å². The molecule has 0 spiro atoms. The Labute approximate surface area is 79.3 Å². The Morgan fingerprint density at radius 2 is 2.27 bits per heavy atom. The molecule has 0 aliphatic heterocycles. The first-order valence-corrected chi connectivity index (χ1v) is 4.40. The van der Waals surface area contributed by atoms with Crippen molar-refractivity contribution in [3.05, 3.63) is 16.1 Å². The second kappa shape index (κ2) is 3.85. The zero-order valence-electron chi connectivity index (χ0n) is 6.41. The summed E-state index contributed by atoms with van der Waals surface area (Å²) in [5.41, 5.74) is 0. The van der Waals surface area contributed by atoms with Crippen molar-refractivity contribution in [1.29, 1.82) is 0 Å². The van der Waals surface area contributed by atoms with E-state index in [4.69, 9.17) is 4.74 Å². The summed E-state index contributed by atoms with van der Waals surface area (Å²) < 4.78 is 6.33. The predicted octanol–water partition coefficient (Wildman–Crippen LogP) is 1.87. The molecule has 0 amide bonds. The van der Waals surface area contributed by atoms with Gasteiger partial charge in [0.25, 0.3) is 0 Å². The summed E-state index contributed by atoms with van der Waals surface area (Å²) in [6.45, 7) is 3.94. The molecule has 0 aliphatic rings. The van der Waals surface area contributed by atoms with Crippen molar-refractivity contribution in [2.24, 2.45) is 0 Å². The number of rotatable bonds is 2. The molecule has 1 rings (SSSR count). The lowest BCUT2D eigenvalue weighted by molar-refractivity contribution is 0.230. The molecular formula is C7H9IN2O. The first-order chi connectivity index (χ1) is 5.20. The molecule has 0 saturated carbocycles. The average molecular weight is 264 g/mol. The summed E-state index contributed by atoms with van der Waals surface area (Å²) in [6, 6.07) is 0. The minimum Gasteiger partial charge on any atom is -0.474 e. The van der Waals surface area contributed by atoms with Crippen LogP contribution in [0.15, 0.2) is 12.5 Å². The van der Waals surface area contributed by atoms with Crippen molar-refractivity contribution < 1.29 is 4.74 Å². The number of halogens is 1. The van der Waals surface area contributed by atoms with Crippen LogP contribution in [0.4, 0.5) is 0 Å². The van der Waals surface area contributed by atoms with Gasteiger partial charge < -0.3 is 4.74 Å². The molecule has 60 valence electrons. The van der Waals surface area contributed by atoms with Gasteiger partial charge in [0.2, 0.25) is 5.88 Å². The van der Waals surface area contributed by atoms with Gasteiger partial charge in [0, 0.05) is 6.20 Å². The Morgan fingerprint density at radius 1 is 1.55 bits per heavy atom. The number of hydrogen-bond donors (Lipinski definition) is 0. The number of nitrogens with zero attached hydrogens (tertiary/aromatic N) is 2. The van der Waals surface area contributed by atoms with E-state index in [-0.39, 0.29) is 6.10 Å². The van der Waals surface area contributed by atoms with Gasteiger partial charge in [0.15, 0.2) is 0 Å². The number of ether oxygens (including phenoxy) is 1. The maximum atomic E-state index is 5.39. The summed E-state index contributed by atoms with van der Waals surface area (Å²) in [7, 11) is 0. The normalized spacial score (nSPS) is 10.2. The summed E-state index contributed by atoms with van der Waals surface area (Å²) >= 11 is 2.14. The molecule has 0 bridgehead atoms. The molecule has 0 aliphatic carbocycles. The van der Waals surface area contributed by atoms with Crippen molar-refractivity contribution in [3.63, 3.8) is 0 Å². The van der Waals surface area contributed by atoms with E-state index in [2.05, 4.69) is 32.6 Å². The molecule has 11 heavy (non-hydrogen) atoms. The zero-order valence-corrected chi connectivity index (χ0v) is 8.57. The van der Waals surface area contributed by atoms with Gasteiger partial charge in [0.05, 0.1) is 9.67 Å². The Kier molecular flexibility index (Phi) is 3.04. The van der Waals surface area contributed by atoms with Crippen molar-refractivity contribution in [2.45, 2.75) is 20.0 Å². The number of hydrogen-bond acceptors (Lipinski definition) is 3. The van der Waals surface area contributed by atoms with Crippen molar-refractivity contribution in [1.82, 2.24) is 9.97 Å². The average Bonchev–Trinajstić information content (AvgIpc) is 1.93. The second-order valence-electron chi connectivity index (χ2n) is 2.34. The third-order valence-corrected chi connectivity index (χ3v) is 1.72. The van der Waals surface area contributed by atoms with Crippen LogP contribution in [0.5, 0.6) is 5.88 Å². The molecule has 0 fully saturated rings. The molecule has 1 aromatic heterocycles. The standard InChI is InChI=1S/C7H9IN2O/c1-5(2)11-7-6(8)3-9-4-10-7/h3-5H,1-2H3. The Hall–Kier alpha value is -0.390. The van der Waals surface area contributed by atoms with E-state index < -0.39 is 0 Å². The zero-order chi connectivity index (χ0) is 8.27. The first-order valence-electron chi connectivity index (χ1n) is 3.32. The monoisotopic (exact) mass is 264 g/mol. The fourth-order valence-corrected chi connectivity index (χ4v) is 1.04. The minimum absolute atomic E-state index is 0.165. The Bertz CT molecular complexity index is 240. The van der Waals surface area contributed by atoms with Crippen LogP contribution in [0, 0.1) is 3.57 Å². The van der Waals surface area contributed by atoms with E-state index in [9.17, 15) is 0 Å². The summed E-state index contributed by atoms with van der Waals surface area (Å²) in [5.74, 6) is 0.663.